The number of fused-ring (bicyclic) bond motifs is 1. The van der Waals surface area contributed by atoms with Gasteiger partial charge in [0.05, 0.1) is 12.8 Å². The molecule has 1 aliphatic rings. The van der Waals surface area contributed by atoms with Crippen LogP contribution in [0, 0.1) is 0 Å². The summed E-state index contributed by atoms with van der Waals surface area (Å²) >= 11 is 0. The Morgan fingerprint density at radius 3 is 2.81 bits per heavy atom. The number of hydrogen-bond acceptors (Lipinski definition) is 5. The van der Waals surface area contributed by atoms with Crippen LogP contribution in [0.3, 0.4) is 0 Å². The Kier molecular flexibility index (Phi) is 5.34. The first-order chi connectivity index (χ1) is 12.9. The Morgan fingerprint density at radius 1 is 1.37 bits per heavy atom. The van der Waals surface area contributed by atoms with Crippen molar-refractivity contribution in [2.45, 2.75) is 39.2 Å². The first-order valence-corrected chi connectivity index (χ1v) is 8.95. The number of ether oxygens (including phenoxy) is 2. The summed E-state index contributed by atoms with van der Waals surface area (Å²) in [5, 5.41) is 7.35. The van der Waals surface area contributed by atoms with Crippen molar-refractivity contribution < 1.29 is 19.1 Å². The molecule has 0 bridgehead atoms. The van der Waals surface area contributed by atoms with E-state index in [0.717, 1.165) is 16.9 Å². The molecule has 2 amide bonds. The maximum Gasteiger partial charge on any atom is 0.255 e. The molecule has 1 atom stereocenters. The van der Waals surface area contributed by atoms with Crippen LogP contribution in [0.1, 0.15) is 50.3 Å². The fourth-order valence-electron chi connectivity index (χ4n) is 3.21. The number of rotatable bonds is 7. The van der Waals surface area contributed by atoms with Crippen LogP contribution in [0.5, 0.6) is 11.5 Å². The molecule has 1 aromatic heterocycles. The molecule has 0 spiro atoms. The average Bonchev–Trinajstić information content (AvgIpc) is 3.04. The number of nitrogens with zero attached hydrogens (tertiary/aromatic N) is 2. The Hall–Kier alpha value is -3.03. The van der Waals surface area contributed by atoms with Gasteiger partial charge in [0.1, 0.15) is 5.82 Å². The summed E-state index contributed by atoms with van der Waals surface area (Å²) < 4.78 is 12.9. The van der Waals surface area contributed by atoms with Crippen molar-refractivity contribution in [2.24, 2.45) is 5.73 Å². The van der Waals surface area contributed by atoms with Gasteiger partial charge < -0.3 is 20.5 Å². The average molecular weight is 372 g/mol. The van der Waals surface area contributed by atoms with Gasteiger partial charge in [0.2, 0.25) is 5.91 Å². The third kappa shape index (κ3) is 3.89. The maximum absolute atomic E-state index is 12.3. The van der Waals surface area contributed by atoms with Crippen LogP contribution in [0.25, 0.3) is 0 Å². The highest BCUT2D eigenvalue weighted by molar-refractivity contribution is 5.94. The molecule has 0 fully saturated rings. The lowest BCUT2D eigenvalue weighted by Gasteiger charge is -2.25. The van der Waals surface area contributed by atoms with E-state index in [0.29, 0.717) is 24.5 Å². The van der Waals surface area contributed by atoms with E-state index in [9.17, 15) is 9.59 Å². The number of carbonyl (C=O) groups excluding carboxylic acids is 2. The highest BCUT2D eigenvalue weighted by atomic mass is 16.5. The molecule has 0 radical (unpaired) electrons. The molecule has 27 heavy (non-hydrogen) atoms. The lowest BCUT2D eigenvalue weighted by atomic mass is 9.87. The van der Waals surface area contributed by atoms with Crippen LogP contribution < -0.4 is 20.5 Å². The third-order valence-electron chi connectivity index (χ3n) is 4.38. The van der Waals surface area contributed by atoms with E-state index in [1.165, 1.54) is 0 Å². The van der Waals surface area contributed by atoms with Crippen LogP contribution in [-0.4, -0.2) is 34.8 Å². The molecule has 0 saturated carbocycles. The van der Waals surface area contributed by atoms with E-state index in [4.69, 9.17) is 15.2 Å². The van der Waals surface area contributed by atoms with E-state index in [1.54, 1.807) is 12.3 Å². The normalized spacial score (nSPS) is 16.0. The molecule has 8 nitrogen and oxygen atoms in total. The number of amides is 2. The van der Waals surface area contributed by atoms with Crippen LogP contribution in [-0.2, 0) is 9.59 Å². The molecule has 144 valence electrons. The molecule has 2 heterocycles. The Morgan fingerprint density at radius 2 is 2.15 bits per heavy atom. The van der Waals surface area contributed by atoms with Crippen molar-refractivity contribution in [3.05, 3.63) is 35.5 Å². The minimum absolute atomic E-state index is 0.0538. The summed E-state index contributed by atoms with van der Waals surface area (Å²) in [4.78, 5) is 23.3. The van der Waals surface area contributed by atoms with E-state index < -0.39 is 5.91 Å². The van der Waals surface area contributed by atoms with Crippen molar-refractivity contribution in [3.8, 4) is 11.5 Å². The molecule has 8 heteroatoms. The minimum atomic E-state index is -0.559. The van der Waals surface area contributed by atoms with Gasteiger partial charge in [-0.05, 0) is 38.5 Å². The van der Waals surface area contributed by atoms with Gasteiger partial charge in [0.15, 0.2) is 18.1 Å². The summed E-state index contributed by atoms with van der Waals surface area (Å²) in [6, 6.07) is 5.59. The topological polar surface area (TPSA) is 108 Å². The zero-order valence-corrected chi connectivity index (χ0v) is 15.7. The largest absolute Gasteiger partial charge is 0.490 e. The van der Waals surface area contributed by atoms with Crippen LogP contribution in [0.4, 0.5) is 5.82 Å². The van der Waals surface area contributed by atoms with Gasteiger partial charge in [0, 0.05) is 23.9 Å². The highest BCUT2D eigenvalue weighted by Crippen LogP contribution is 2.40. The zero-order valence-electron chi connectivity index (χ0n) is 15.7. The van der Waals surface area contributed by atoms with Gasteiger partial charge in [-0.1, -0.05) is 6.07 Å². The minimum Gasteiger partial charge on any atom is -0.490 e. The number of aromatic nitrogens is 2. The molecule has 0 unspecified atom stereocenters. The van der Waals surface area contributed by atoms with Crippen molar-refractivity contribution in [1.82, 2.24) is 9.78 Å². The second kappa shape index (κ2) is 7.69. The van der Waals surface area contributed by atoms with Crippen LogP contribution in [0.2, 0.25) is 0 Å². The Balaban J connectivity index is 1.98. The molecule has 1 aliphatic heterocycles. The van der Waals surface area contributed by atoms with Crippen molar-refractivity contribution in [2.75, 3.05) is 18.5 Å². The van der Waals surface area contributed by atoms with Gasteiger partial charge in [-0.25, -0.2) is 4.68 Å². The van der Waals surface area contributed by atoms with Gasteiger partial charge in [-0.15, -0.1) is 0 Å². The first-order valence-electron chi connectivity index (χ1n) is 8.95. The lowest BCUT2D eigenvalue weighted by Crippen LogP contribution is -2.25. The summed E-state index contributed by atoms with van der Waals surface area (Å²) in [5.74, 6) is 0.944. The van der Waals surface area contributed by atoms with Crippen molar-refractivity contribution >= 4 is 17.6 Å². The molecular weight excluding hydrogens is 348 g/mol. The van der Waals surface area contributed by atoms with Gasteiger partial charge in [0.25, 0.3) is 5.91 Å². The van der Waals surface area contributed by atoms with E-state index in [-0.39, 0.29) is 24.5 Å². The monoisotopic (exact) mass is 372 g/mol. The highest BCUT2D eigenvalue weighted by Gasteiger charge is 2.31. The standard InChI is InChI=1S/C19H24N4O4/c1-4-26-16-7-12(5-6-15(16)27-10-17(20)24)13-8-18(25)22-19-14(13)9-21-23(19)11(2)3/h5-7,9,11,13H,4,8,10H2,1-3H3,(H2,20,24)(H,22,25)/t13-/m1/s1. The number of primary amides is 1. The predicted octanol–water partition coefficient (Wildman–Crippen LogP) is 2.20. The molecular formula is C19H24N4O4. The Labute approximate surface area is 157 Å². The fraction of sp³-hybridized carbons (Fsp3) is 0.421. The number of nitrogens with two attached hydrogens (primary N) is 1. The molecule has 0 aliphatic carbocycles. The van der Waals surface area contributed by atoms with E-state index in [2.05, 4.69) is 10.4 Å². The maximum atomic E-state index is 12.3. The van der Waals surface area contributed by atoms with Crippen molar-refractivity contribution in [3.63, 3.8) is 0 Å². The lowest BCUT2D eigenvalue weighted by molar-refractivity contribution is -0.120. The number of anilines is 1. The second-order valence-corrected chi connectivity index (χ2v) is 6.69. The fourth-order valence-corrected chi connectivity index (χ4v) is 3.21. The number of nitrogens with one attached hydrogen (secondary N) is 1. The SMILES string of the molecule is CCOc1cc([C@H]2CC(=O)Nc3c2cnn3C(C)C)ccc1OCC(N)=O. The van der Waals surface area contributed by atoms with E-state index in [1.807, 2.05) is 37.6 Å². The molecule has 2 aromatic rings. The quantitative estimate of drug-likeness (QED) is 0.774. The van der Waals surface area contributed by atoms with Crippen LogP contribution >= 0.6 is 0 Å². The van der Waals surface area contributed by atoms with Gasteiger partial charge in [-0.2, -0.15) is 5.10 Å². The summed E-state index contributed by atoms with van der Waals surface area (Å²) in [5.41, 5.74) is 7.04. The molecule has 1 aromatic carbocycles. The second-order valence-electron chi connectivity index (χ2n) is 6.69. The van der Waals surface area contributed by atoms with Crippen molar-refractivity contribution in [1.29, 1.82) is 0 Å². The number of hydrogen-bond donors (Lipinski definition) is 2. The van der Waals surface area contributed by atoms with Crippen LogP contribution in [0.15, 0.2) is 24.4 Å². The summed E-state index contributed by atoms with van der Waals surface area (Å²) in [7, 11) is 0. The van der Waals surface area contributed by atoms with E-state index >= 15 is 0 Å². The van der Waals surface area contributed by atoms with Gasteiger partial charge in [-0.3, -0.25) is 9.59 Å². The molecule has 3 N–H and O–H groups in total. The Bertz CT molecular complexity index is 859. The third-order valence-corrected chi connectivity index (χ3v) is 4.38. The summed E-state index contributed by atoms with van der Waals surface area (Å²) in [6.45, 7) is 6.11. The number of benzene rings is 1. The zero-order chi connectivity index (χ0) is 19.6. The summed E-state index contributed by atoms with van der Waals surface area (Å²) in [6.07, 6.45) is 2.13. The van der Waals surface area contributed by atoms with Gasteiger partial charge >= 0.3 is 0 Å². The molecule has 0 saturated heterocycles. The smallest absolute Gasteiger partial charge is 0.255 e. The first kappa shape index (κ1) is 18.8. The number of carbonyl (C=O) groups is 2. The predicted molar refractivity (Wildman–Crippen MR) is 100 cm³/mol. The molecule has 3 rings (SSSR count).